The number of nitrogens with zero attached hydrogens (tertiary/aromatic N) is 1. The fourth-order valence-electron chi connectivity index (χ4n) is 1.68. The van der Waals surface area contributed by atoms with Crippen LogP contribution in [0.1, 0.15) is 17.3 Å². The lowest BCUT2D eigenvalue weighted by atomic mass is 10.1. The molecule has 0 saturated heterocycles. The predicted molar refractivity (Wildman–Crippen MR) is 72.8 cm³/mol. The smallest absolute Gasteiger partial charge is 0.175 e. The molecule has 0 amide bonds. The van der Waals surface area contributed by atoms with Gasteiger partial charge >= 0.3 is 0 Å². The molecule has 0 fully saturated rings. The molecule has 0 radical (unpaired) electrons. The first kappa shape index (κ1) is 13.4. The maximum Gasteiger partial charge on any atom is 0.175 e. The third-order valence-corrected chi connectivity index (χ3v) is 3.89. The first-order valence-electron chi connectivity index (χ1n) is 5.64. The molecule has 5 heteroatoms. The fourth-order valence-corrected chi connectivity index (χ4v) is 2.32. The second-order valence-corrected chi connectivity index (χ2v) is 6.33. The molecule has 0 N–H and O–H groups in total. The highest BCUT2D eigenvalue weighted by molar-refractivity contribution is 7.90. The maximum atomic E-state index is 11.4. The van der Waals surface area contributed by atoms with Crippen LogP contribution in [0.25, 0.3) is 11.1 Å². The Morgan fingerprint density at radius 2 is 1.68 bits per heavy atom. The van der Waals surface area contributed by atoms with Gasteiger partial charge in [0.1, 0.15) is 0 Å². The van der Waals surface area contributed by atoms with Crippen molar-refractivity contribution < 1.29 is 13.2 Å². The lowest BCUT2D eigenvalue weighted by molar-refractivity contribution is 0.101. The van der Waals surface area contributed by atoms with Gasteiger partial charge < -0.3 is 0 Å². The van der Waals surface area contributed by atoms with Crippen molar-refractivity contribution in [1.29, 1.82) is 0 Å². The van der Waals surface area contributed by atoms with E-state index in [1.165, 1.54) is 19.4 Å². The molecule has 1 aromatic carbocycles. The van der Waals surface area contributed by atoms with E-state index in [9.17, 15) is 13.2 Å². The largest absolute Gasteiger partial charge is 0.294 e. The maximum absolute atomic E-state index is 11.4. The number of ketones is 1. The minimum absolute atomic E-state index is 0.0536. The van der Waals surface area contributed by atoms with Gasteiger partial charge in [-0.1, -0.05) is 12.1 Å². The summed E-state index contributed by atoms with van der Waals surface area (Å²) in [7, 11) is -3.19. The standard InChI is InChI=1S/C14H13NO3S/c1-10(16)12-7-13(9-15-8-12)11-3-5-14(6-4-11)19(2,17)18/h3-9H,1-2H3. The summed E-state index contributed by atoms with van der Waals surface area (Å²) in [6.45, 7) is 1.48. The Kier molecular flexibility index (Phi) is 3.48. The molecule has 0 spiro atoms. The second kappa shape index (κ2) is 4.93. The third-order valence-electron chi connectivity index (χ3n) is 2.76. The number of sulfone groups is 1. The van der Waals surface area contributed by atoms with Gasteiger partial charge in [0.15, 0.2) is 15.6 Å². The number of aromatic nitrogens is 1. The van der Waals surface area contributed by atoms with E-state index in [-0.39, 0.29) is 10.7 Å². The predicted octanol–water partition coefficient (Wildman–Crippen LogP) is 2.35. The van der Waals surface area contributed by atoms with Gasteiger partial charge in [0.2, 0.25) is 0 Å². The van der Waals surface area contributed by atoms with Crippen LogP contribution < -0.4 is 0 Å². The summed E-state index contributed by atoms with van der Waals surface area (Å²) in [6.07, 6.45) is 4.32. The van der Waals surface area contributed by atoms with Crippen LogP contribution in [0.3, 0.4) is 0 Å². The Hall–Kier alpha value is -2.01. The summed E-state index contributed by atoms with van der Waals surface area (Å²) >= 11 is 0. The highest BCUT2D eigenvalue weighted by Gasteiger charge is 2.08. The van der Waals surface area contributed by atoms with Crippen LogP contribution in [0, 0.1) is 0 Å². The molecule has 0 bridgehead atoms. The van der Waals surface area contributed by atoms with Gasteiger partial charge in [0, 0.05) is 29.8 Å². The van der Waals surface area contributed by atoms with Crippen molar-refractivity contribution in [3.05, 3.63) is 48.3 Å². The van der Waals surface area contributed by atoms with E-state index in [0.717, 1.165) is 11.1 Å². The van der Waals surface area contributed by atoms with Crippen LogP contribution >= 0.6 is 0 Å². The zero-order chi connectivity index (χ0) is 14.0. The Balaban J connectivity index is 2.43. The number of rotatable bonds is 3. The van der Waals surface area contributed by atoms with Crippen LogP contribution in [0.5, 0.6) is 0 Å². The second-order valence-electron chi connectivity index (χ2n) is 4.32. The van der Waals surface area contributed by atoms with Gasteiger partial charge in [0.25, 0.3) is 0 Å². The molecule has 0 aliphatic rings. The van der Waals surface area contributed by atoms with Gasteiger partial charge in [-0.05, 0) is 30.7 Å². The van der Waals surface area contributed by atoms with Crippen LogP contribution in [-0.2, 0) is 9.84 Å². The lowest BCUT2D eigenvalue weighted by Crippen LogP contribution is -1.97. The van der Waals surface area contributed by atoms with Crippen LogP contribution in [-0.4, -0.2) is 25.4 Å². The molecule has 1 heterocycles. The number of benzene rings is 1. The Labute approximate surface area is 112 Å². The molecule has 2 aromatic rings. The summed E-state index contributed by atoms with van der Waals surface area (Å²) in [6, 6.07) is 8.25. The number of Topliss-reactive ketones (excluding diaryl/α,β-unsaturated/α-hetero) is 1. The molecule has 2 rings (SSSR count). The summed E-state index contributed by atoms with van der Waals surface area (Å²) < 4.78 is 22.7. The summed E-state index contributed by atoms with van der Waals surface area (Å²) in [5.41, 5.74) is 2.14. The Bertz CT molecular complexity index is 719. The summed E-state index contributed by atoms with van der Waals surface area (Å²) in [4.78, 5) is 15.6. The molecule has 98 valence electrons. The third kappa shape index (κ3) is 3.06. The van der Waals surface area contributed by atoms with Crippen molar-refractivity contribution in [3.8, 4) is 11.1 Å². The molecule has 0 unspecified atom stereocenters. The first-order chi connectivity index (χ1) is 8.88. The molecule has 0 saturated carbocycles. The number of hydrogen-bond acceptors (Lipinski definition) is 4. The molecule has 0 aliphatic heterocycles. The number of carbonyl (C=O) groups is 1. The van der Waals surface area contributed by atoms with Gasteiger partial charge in [-0.15, -0.1) is 0 Å². The van der Waals surface area contributed by atoms with Crippen molar-refractivity contribution in [2.75, 3.05) is 6.26 Å². The monoisotopic (exact) mass is 275 g/mol. The molecule has 0 aliphatic carbocycles. The molecular weight excluding hydrogens is 262 g/mol. The van der Waals surface area contributed by atoms with E-state index in [1.807, 2.05) is 0 Å². The van der Waals surface area contributed by atoms with Crippen molar-refractivity contribution in [1.82, 2.24) is 4.98 Å². The fraction of sp³-hybridized carbons (Fsp3) is 0.143. The summed E-state index contributed by atoms with van der Waals surface area (Å²) in [5.74, 6) is -0.0536. The van der Waals surface area contributed by atoms with E-state index < -0.39 is 9.84 Å². The van der Waals surface area contributed by atoms with E-state index >= 15 is 0 Å². The van der Waals surface area contributed by atoms with E-state index in [4.69, 9.17) is 0 Å². The highest BCUT2D eigenvalue weighted by atomic mass is 32.2. The zero-order valence-corrected chi connectivity index (χ0v) is 11.4. The van der Waals surface area contributed by atoms with E-state index in [0.29, 0.717) is 5.56 Å². The minimum atomic E-state index is -3.19. The van der Waals surface area contributed by atoms with Gasteiger partial charge in [-0.3, -0.25) is 9.78 Å². The zero-order valence-electron chi connectivity index (χ0n) is 10.6. The van der Waals surface area contributed by atoms with Gasteiger partial charge in [0.05, 0.1) is 4.90 Å². The molecule has 0 atom stereocenters. The van der Waals surface area contributed by atoms with Crippen molar-refractivity contribution in [2.45, 2.75) is 11.8 Å². The SMILES string of the molecule is CC(=O)c1cncc(-c2ccc(S(C)(=O)=O)cc2)c1. The van der Waals surface area contributed by atoms with Crippen molar-refractivity contribution >= 4 is 15.6 Å². The average molecular weight is 275 g/mol. The average Bonchev–Trinajstić information content (AvgIpc) is 2.38. The highest BCUT2D eigenvalue weighted by Crippen LogP contribution is 2.21. The molecule has 1 aromatic heterocycles. The van der Waals surface area contributed by atoms with Crippen molar-refractivity contribution in [2.24, 2.45) is 0 Å². The van der Waals surface area contributed by atoms with E-state index in [1.54, 1.807) is 36.5 Å². The van der Waals surface area contributed by atoms with Crippen LogP contribution in [0.15, 0.2) is 47.6 Å². The Morgan fingerprint density at radius 3 is 2.21 bits per heavy atom. The first-order valence-corrected chi connectivity index (χ1v) is 7.53. The van der Waals surface area contributed by atoms with Gasteiger partial charge in [-0.2, -0.15) is 0 Å². The van der Waals surface area contributed by atoms with Crippen molar-refractivity contribution in [3.63, 3.8) is 0 Å². The van der Waals surface area contributed by atoms with E-state index in [2.05, 4.69) is 4.98 Å². The topological polar surface area (TPSA) is 64.1 Å². The number of pyridine rings is 1. The summed E-state index contributed by atoms with van der Waals surface area (Å²) in [5, 5.41) is 0. The van der Waals surface area contributed by atoms with Gasteiger partial charge in [-0.25, -0.2) is 8.42 Å². The number of carbonyl (C=O) groups excluding carboxylic acids is 1. The quantitative estimate of drug-likeness (QED) is 0.807. The molecule has 19 heavy (non-hydrogen) atoms. The Morgan fingerprint density at radius 1 is 1.05 bits per heavy atom. The minimum Gasteiger partial charge on any atom is -0.294 e. The molecular formula is C14H13NO3S. The normalized spacial score (nSPS) is 11.3. The van der Waals surface area contributed by atoms with Crippen LogP contribution in [0.4, 0.5) is 0 Å². The van der Waals surface area contributed by atoms with Crippen LogP contribution in [0.2, 0.25) is 0 Å². The molecule has 4 nitrogen and oxygen atoms in total. The lowest BCUT2D eigenvalue weighted by Gasteiger charge is -2.04. The number of hydrogen-bond donors (Lipinski definition) is 0.